The van der Waals surface area contributed by atoms with E-state index in [1.807, 2.05) is 0 Å². The van der Waals surface area contributed by atoms with Crippen molar-refractivity contribution >= 4 is 9.84 Å². The van der Waals surface area contributed by atoms with Crippen LogP contribution in [-0.4, -0.2) is 57.0 Å². The van der Waals surface area contributed by atoms with Crippen molar-refractivity contribution in [2.75, 3.05) is 37.7 Å². The van der Waals surface area contributed by atoms with Gasteiger partial charge in [-0.05, 0) is 37.8 Å². The summed E-state index contributed by atoms with van der Waals surface area (Å²) in [5.41, 5.74) is 0. The summed E-state index contributed by atoms with van der Waals surface area (Å²) in [5.74, 6) is 1.81. The first-order valence-electron chi connectivity index (χ1n) is 7.12. The van der Waals surface area contributed by atoms with E-state index in [1.165, 1.54) is 6.42 Å². The lowest BCUT2D eigenvalue weighted by Gasteiger charge is -2.28. The molecule has 2 fully saturated rings. The molecule has 2 saturated heterocycles. The highest BCUT2D eigenvalue weighted by atomic mass is 32.2. The Hall–Kier alpha value is -0.130. The minimum Gasteiger partial charge on any atom is -0.312 e. The molecule has 2 aliphatic heterocycles. The lowest BCUT2D eigenvalue weighted by molar-refractivity contribution is 0.219. The van der Waals surface area contributed by atoms with Crippen molar-refractivity contribution in [2.45, 2.75) is 32.7 Å². The van der Waals surface area contributed by atoms with Gasteiger partial charge in [0.1, 0.15) is 0 Å². The molecular formula is C13H26N2O2S. The van der Waals surface area contributed by atoms with Crippen molar-refractivity contribution in [2.24, 2.45) is 11.8 Å². The van der Waals surface area contributed by atoms with Gasteiger partial charge in [-0.1, -0.05) is 13.8 Å². The molecule has 106 valence electrons. The fourth-order valence-electron chi connectivity index (χ4n) is 3.02. The maximum Gasteiger partial charge on any atom is 0.150 e. The van der Waals surface area contributed by atoms with E-state index < -0.39 is 9.84 Å². The summed E-state index contributed by atoms with van der Waals surface area (Å²) in [6.45, 7) is 8.72. The fourth-order valence-corrected chi connectivity index (χ4v) is 4.87. The second-order valence-corrected chi connectivity index (χ2v) is 8.42. The SMILES string of the molecule is CC(C)C1CN(CC2CCS(=O)(=O)C2)CCCN1. The molecule has 2 aliphatic rings. The Morgan fingerprint density at radius 2 is 2.17 bits per heavy atom. The third kappa shape index (κ3) is 3.93. The molecular weight excluding hydrogens is 248 g/mol. The summed E-state index contributed by atoms with van der Waals surface area (Å²) in [6, 6.07) is 0.547. The van der Waals surface area contributed by atoms with Crippen LogP contribution in [0, 0.1) is 11.8 Å². The average molecular weight is 274 g/mol. The van der Waals surface area contributed by atoms with Crippen molar-refractivity contribution in [3.8, 4) is 0 Å². The molecule has 0 aromatic heterocycles. The van der Waals surface area contributed by atoms with E-state index in [1.54, 1.807) is 0 Å². The zero-order valence-electron chi connectivity index (χ0n) is 11.6. The lowest BCUT2D eigenvalue weighted by atomic mass is 10.0. The summed E-state index contributed by atoms with van der Waals surface area (Å²) < 4.78 is 23.0. The largest absolute Gasteiger partial charge is 0.312 e. The van der Waals surface area contributed by atoms with Gasteiger partial charge in [0.15, 0.2) is 9.84 Å². The summed E-state index contributed by atoms with van der Waals surface area (Å²) in [4.78, 5) is 2.47. The summed E-state index contributed by atoms with van der Waals surface area (Å²) in [5, 5.41) is 3.59. The highest BCUT2D eigenvalue weighted by Crippen LogP contribution is 2.20. The monoisotopic (exact) mass is 274 g/mol. The van der Waals surface area contributed by atoms with Crippen LogP contribution >= 0.6 is 0 Å². The van der Waals surface area contributed by atoms with Gasteiger partial charge in [-0.25, -0.2) is 8.42 Å². The molecule has 0 spiro atoms. The van der Waals surface area contributed by atoms with E-state index in [0.29, 0.717) is 29.4 Å². The topological polar surface area (TPSA) is 49.4 Å². The first-order chi connectivity index (χ1) is 8.46. The number of nitrogens with zero attached hydrogens (tertiary/aromatic N) is 1. The van der Waals surface area contributed by atoms with Crippen LogP contribution in [-0.2, 0) is 9.84 Å². The predicted octanol–water partition coefficient (Wildman–Crippen LogP) is 0.741. The molecule has 2 unspecified atom stereocenters. The molecule has 2 rings (SSSR count). The first kappa shape index (κ1) is 14.3. The predicted molar refractivity (Wildman–Crippen MR) is 74.4 cm³/mol. The van der Waals surface area contributed by atoms with E-state index >= 15 is 0 Å². The smallest absolute Gasteiger partial charge is 0.150 e. The maximum absolute atomic E-state index is 11.5. The van der Waals surface area contributed by atoms with Crippen molar-refractivity contribution in [1.82, 2.24) is 10.2 Å². The van der Waals surface area contributed by atoms with Gasteiger partial charge in [0.2, 0.25) is 0 Å². The Bertz CT molecular complexity index is 367. The Balaban J connectivity index is 1.88. The van der Waals surface area contributed by atoms with E-state index in [2.05, 4.69) is 24.1 Å². The molecule has 0 aliphatic carbocycles. The van der Waals surface area contributed by atoms with Gasteiger partial charge in [0, 0.05) is 19.1 Å². The standard InChI is InChI=1S/C13H26N2O2S/c1-11(2)13-9-15(6-3-5-14-13)8-12-4-7-18(16,17)10-12/h11-14H,3-10H2,1-2H3. The molecule has 0 aromatic rings. The quantitative estimate of drug-likeness (QED) is 0.825. The van der Waals surface area contributed by atoms with E-state index in [4.69, 9.17) is 0 Å². The van der Waals surface area contributed by atoms with Gasteiger partial charge in [0.25, 0.3) is 0 Å². The zero-order chi connectivity index (χ0) is 13.2. The van der Waals surface area contributed by atoms with Crippen molar-refractivity contribution < 1.29 is 8.42 Å². The van der Waals surface area contributed by atoms with E-state index in [-0.39, 0.29) is 0 Å². The maximum atomic E-state index is 11.5. The van der Waals surface area contributed by atoms with Crippen LogP contribution < -0.4 is 5.32 Å². The Kier molecular flexibility index (Phi) is 4.67. The summed E-state index contributed by atoms with van der Waals surface area (Å²) in [7, 11) is -2.73. The van der Waals surface area contributed by atoms with Crippen LogP contribution in [0.15, 0.2) is 0 Å². The van der Waals surface area contributed by atoms with Gasteiger partial charge in [-0.15, -0.1) is 0 Å². The van der Waals surface area contributed by atoms with Gasteiger partial charge < -0.3 is 10.2 Å². The minimum absolute atomic E-state index is 0.362. The van der Waals surface area contributed by atoms with Crippen LogP contribution in [0.1, 0.15) is 26.7 Å². The van der Waals surface area contributed by atoms with Crippen LogP contribution in [0.4, 0.5) is 0 Å². The average Bonchev–Trinajstić information content (AvgIpc) is 2.51. The number of hydrogen-bond donors (Lipinski definition) is 1. The molecule has 1 N–H and O–H groups in total. The zero-order valence-corrected chi connectivity index (χ0v) is 12.4. The molecule has 5 heteroatoms. The Morgan fingerprint density at radius 3 is 2.78 bits per heavy atom. The van der Waals surface area contributed by atoms with Crippen LogP contribution in [0.5, 0.6) is 0 Å². The lowest BCUT2D eigenvalue weighted by Crippen LogP contribution is -2.42. The number of sulfone groups is 1. The molecule has 0 radical (unpaired) electrons. The van der Waals surface area contributed by atoms with Crippen molar-refractivity contribution in [3.05, 3.63) is 0 Å². The molecule has 18 heavy (non-hydrogen) atoms. The first-order valence-corrected chi connectivity index (χ1v) is 8.94. The highest BCUT2D eigenvalue weighted by molar-refractivity contribution is 7.91. The summed E-state index contributed by atoms with van der Waals surface area (Å²) >= 11 is 0. The summed E-state index contributed by atoms with van der Waals surface area (Å²) in [6.07, 6.45) is 2.03. The molecule has 0 aromatic carbocycles. The third-order valence-corrected chi connectivity index (χ3v) is 6.00. The van der Waals surface area contributed by atoms with Gasteiger partial charge >= 0.3 is 0 Å². The normalized spacial score (nSPS) is 33.7. The van der Waals surface area contributed by atoms with Crippen molar-refractivity contribution in [1.29, 1.82) is 0 Å². The van der Waals surface area contributed by atoms with Crippen LogP contribution in [0.2, 0.25) is 0 Å². The van der Waals surface area contributed by atoms with Crippen LogP contribution in [0.25, 0.3) is 0 Å². The van der Waals surface area contributed by atoms with Crippen molar-refractivity contribution in [3.63, 3.8) is 0 Å². The molecule has 0 bridgehead atoms. The van der Waals surface area contributed by atoms with Gasteiger partial charge in [0.05, 0.1) is 11.5 Å². The Labute approximate surface area is 111 Å². The van der Waals surface area contributed by atoms with Crippen LogP contribution in [0.3, 0.4) is 0 Å². The third-order valence-electron chi connectivity index (χ3n) is 4.16. The molecule has 2 heterocycles. The second-order valence-electron chi connectivity index (χ2n) is 6.19. The molecule has 4 nitrogen and oxygen atoms in total. The fraction of sp³-hybridized carbons (Fsp3) is 1.00. The van der Waals surface area contributed by atoms with E-state index in [9.17, 15) is 8.42 Å². The number of nitrogens with one attached hydrogen (secondary N) is 1. The molecule has 0 saturated carbocycles. The Morgan fingerprint density at radius 1 is 1.39 bits per heavy atom. The number of rotatable bonds is 3. The number of hydrogen-bond acceptors (Lipinski definition) is 4. The highest BCUT2D eigenvalue weighted by Gasteiger charge is 2.30. The molecule has 2 atom stereocenters. The second kappa shape index (κ2) is 5.88. The van der Waals surface area contributed by atoms with E-state index in [0.717, 1.165) is 32.6 Å². The van der Waals surface area contributed by atoms with Gasteiger partial charge in [-0.2, -0.15) is 0 Å². The van der Waals surface area contributed by atoms with Gasteiger partial charge in [-0.3, -0.25) is 0 Å². The molecule has 0 amide bonds. The minimum atomic E-state index is -2.73.